The predicted octanol–water partition coefficient (Wildman–Crippen LogP) is 4.22. The fourth-order valence-electron chi connectivity index (χ4n) is 3.89. The van der Waals surface area contributed by atoms with Gasteiger partial charge in [-0.2, -0.15) is 0 Å². The van der Waals surface area contributed by atoms with E-state index in [1.54, 1.807) is 24.3 Å². The number of aromatic hydroxyl groups is 1. The molecule has 0 saturated heterocycles. The van der Waals surface area contributed by atoms with Gasteiger partial charge in [-0.25, -0.2) is 4.39 Å². The van der Waals surface area contributed by atoms with E-state index in [2.05, 4.69) is 10.5 Å². The molecule has 0 unspecified atom stereocenters. The number of benzene rings is 2. The minimum atomic E-state index is -0.360. The van der Waals surface area contributed by atoms with E-state index in [0.29, 0.717) is 5.76 Å². The fourth-order valence-corrected chi connectivity index (χ4v) is 3.89. The smallest absolute Gasteiger partial charge is 0.227 e. The van der Waals surface area contributed by atoms with Gasteiger partial charge in [-0.1, -0.05) is 11.2 Å². The van der Waals surface area contributed by atoms with Crippen molar-refractivity contribution < 1.29 is 28.3 Å². The lowest BCUT2D eigenvalue weighted by Crippen LogP contribution is -2.26. The molecule has 0 bridgehead atoms. The number of nitrogens with one attached hydrogen (secondary N) is 1. The lowest BCUT2D eigenvalue weighted by atomic mass is 10.00. The van der Waals surface area contributed by atoms with E-state index < -0.39 is 0 Å². The van der Waals surface area contributed by atoms with Crippen LogP contribution in [0.4, 0.5) is 4.39 Å². The molecule has 0 spiro atoms. The van der Waals surface area contributed by atoms with Gasteiger partial charge >= 0.3 is 0 Å². The largest absolute Gasteiger partial charge is 0.502 e. The zero-order chi connectivity index (χ0) is 23.5. The summed E-state index contributed by atoms with van der Waals surface area (Å²) in [6, 6.07) is 9.61. The Morgan fingerprint density at radius 3 is 2.52 bits per heavy atom. The number of allylic oxidation sites excluding steroid dienone is 2. The number of nitrogens with zero attached hydrogens (tertiary/aromatic N) is 1. The number of hydrogen-bond donors (Lipinski definition) is 2. The molecule has 8 heteroatoms. The van der Waals surface area contributed by atoms with Crippen molar-refractivity contribution in [2.75, 3.05) is 20.8 Å². The number of hydrogen-bond acceptors (Lipinski definition) is 6. The molecule has 4 rings (SSSR count). The minimum Gasteiger partial charge on any atom is -0.502 e. The van der Waals surface area contributed by atoms with Crippen LogP contribution in [0.3, 0.4) is 0 Å². The molecule has 33 heavy (non-hydrogen) atoms. The van der Waals surface area contributed by atoms with Gasteiger partial charge in [-0.05, 0) is 70.7 Å². The molecule has 1 amide bonds. The van der Waals surface area contributed by atoms with Gasteiger partial charge in [0, 0.05) is 12.6 Å². The molecule has 1 aromatic heterocycles. The van der Waals surface area contributed by atoms with Crippen LogP contribution in [0.1, 0.15) is 29.4 Å². The number of ether oxygens (including phenoxy) is 2. The summed E-state index contributed by atoms with van der Waals surface area (Å²) in [5, 5.41) is 16.7. The fraction of sp³-hybridized carbons (Fsp3) is 0.200. The summed E-state index contributed by atoms with van der Waals surface area (Å²) >= 11 is 0. The second-order valence-electron chi connectivity index (χ2n) is 7.56. The van der Waals surface area contributed by atoms with Crippen molar-refractivity contribution in [1.82, 2.24) is 10.5 Å². The third-order valence-corrected chi connectivity index (χ3v) is 5.56. The second kappa shape index (κ2) is 9.20. The summed E-state index contributed by atoms with van der Waals surface area (Å²) in [4.78, 5) is 12.3. The Morgan fingerprint density at radius 1 is 1.15 bits per heavy atom. The van der Waals surface area contributed by atoms with Crippen LogP contribution in [0, 0.1) is 5.82 Å². The summed E-state index contributed by atoms with van der Waals surface area (Å²) < 4.78 is 29.6. The Balaban J connectivity index is 1.69. The maximum Gasteiger partial charge on any atom is 0.227 e. The van der Waals surface area contributed by atoms with Crippen LogP contribution < -0.4 is 14.8 Å². The van der Waals surface area contributed by atoms with E-state index in [1.165, 1.54) is 32.5 Å². The van der Waals surface area contributed by atoms with Gasteiger partial charge in [0.1, 0.15) is 11.6 Å². The molecule has 2 N–H and O–H groups in total. The average molecular weight is 450 g/mol. The first kappa shape index (κ1) is 22.1. The molecule has 0 saturated carbocycles. The molecule has 0 fully saturated rings. The van der Waals surface area contributed by atoms with Gasteiger partial charge in [0.2, 0.25) is 11.7 Å². The number of phenols is 1. The Bertz CT molecular complexity index is 1240. The van der Waals surface area contributed by atoms with Gasteiger partial charge in [0.05, 0.1) is 26.8 Å². The van der Waals surface area contributed by atoms with Crippen molar-refractivity contribution in [3.63, 3.8) is 0 Å². The summed E-state index contributed by atoms with van der Waals surface area (Å²) in [7, 11) is 2.92. The molecule has 3 aromatic rings. The zero-order valence-electron chi connectivity index (χ0n) is 18.4. The first-order valence-corrected chi connectivity index (χ1v) is 10.2. The van der Waals surface area contributed by atoms with Crippen molar-refractivity contribution in [2.24, 2.45) is 0 Å². The van der Waals surface area contributed by atoms with Crippen LogP contribution in [-0.4, -0.2) is 36.9 Å². The van der Waals surface area contributed by atoms with Gasteiger partial charge < -0.3 is 24.4 Å². The number of carbonyl (C=O) groups excluding carboxylic acids is 1. The summed E-state index contributed by atoms with van der Waals surface area (Å²) in [5.41, 5.74) is 4.90. The van der Waals surface area contributed by atoms with Crippen LogP contribution in [0.5, 0.6) is 17.2 Å². The highest BCUT2D eigenvalue weighted by Gasteiger charge is 2.25. The van der Waals surface area contributed by atoms with Gasteiger partial charge in [-0.15, -0.1) is 0 Å². The third kappa shape index (κ3) is 4.45. The van der Waals surface area contributed by atoms with Crippen LogP contribution in [0.2, 0.25) is 0 Å². The first-order valence-electron chi connectivity index (χ1n) is 10.2. The number of methoxy groups -OCH3 is 2. The topological polar surface area (TPSA) is 93.8 Å². The van der Waals surface area contributed by atoms with E-state index >= 15 is 0 Å². The predicted molar refractivity (Wildman–Crippen MR) is 121 cm³/mol. The number of phenolic OH excluding ortho intramolecular Hbond substituents is 1. The number of carbonyl (C=O) groups is 1. The van der Waals surface area contributed by atoms with Crippen molar-refractivity contribution in [3.05, 3.63) is 76.4 Å². The normalized spacial score (nSPS) is 13.9. The zero-order valence-corrected chi connectivity index (χ0v) is 18.4. The number of halogens is 1. The van der Waals surface area contributed by atoms with E-state index in [9.17, 15) is 14.3 Å². The quantitative estimate of drug-likeness (QED) is 0.560. The standard InChI is InChI=1S/C25H23FN2O5/c1-14-19(8-15-9-22(31-2)25(30)23(10-15)32-3)18-5-4-16(26)11-20(18)21(14)13-27-24(29)12-17-6-7-28-33-17/h4-11,30H,12-13H2,1-3H3,(H,27,29)/b19-8-. The monoisotopic (exact) mass is 450 g/mol. The molecule has 0 radical (unpaired) electrons. The molecule has 2 aromatic carbocycles. The minimum absolute atomic E-state index is 0.0676. The van der Waals surface area contributed by atoms with Crippen molar-refractivity contribution in [1.29, 1.82) is 0 Å². The Kier molecular flexibility index (Phi) is 6.17. The lowest BCUT2D eigenvalue weighted by molar-refractivity contribution is -0.120. The second-order valence-corrected chi connectivity index (χ2v) is 7.56. The van der Waals surface area contributed by atoms with E-state index in [-0.39, 0.29) is 41.9 Å². The maximum atomic E-state index is 14.1. The molecule has 7 nitrogen and oxygen atoms in total. The molecule has 1 aliphatic carbocycles. The Labute approximate surface area is 190 Å². The lowest BCUT2D eigenvalue weighted by Gasteiger charge is -2.11. The van der Waals surface area contributed by atoms with Crippen LogP contribution in [0.15, 0.2) is 52.7 Å². The number of fused-ring (bicyclic) bond motifs is 1. The Morgan fingerprint density at radius 2 is 1.88 bits per heavy atom. The summed E-state index contributed by atoms with van der Waals surface area (Å²) in [6.07, 6.45) is 3.47. The maximum absolute atomic E-state index is 14.1. The number of amides is 1. The van der Waals surface area contributed by atoms with Gasteiger partial charge in [-0.3, -0.25) is 4.79 Å². The molecular formula is C25H23FN2O5. The van der Waals surface area contributed by atoms with Gasteiger partial charge in [0.25, 0.3) is 0 Å². The third-order valence-electron chi connectivity index (χ3n) is 5.56. The van der Waals surface area contributed by atoms with Crippen LogP contribution in [0.25, 0.3) is 17.2 Å². The molecular weight excluding hydrogens is 427 g/mol. The van der Waals surface area contributed by atoms with Crippen molar-refractivity contribution >= 4 is 23.1 Å². The number of rotatable bonds is 7. The van der Waals surface area contributed by atoms with Gasteiger partial charge in [0.15, 0.2) is 11.5 Å². The van der Waals surface area contributed by atoms with E-state index in [1.807, 2.05) is 13.0 Å². The van der Waals surface area contributed by atoms with Crippen molar-refractivity contribution in [2.45, 2.75) is 13.3 Å². The van der Waals surface area contributed by atoms with Crippen LogP contribution >= 0.6 is 0 Å². The van der Waals surface area contributed by atoms with Crippen LogP contribution in [-0.2, 0) is 11.2 Å². The first-order chi connectivity index (χ1) is 15.9. The van der Waals surface area contributed by atoms with Crippen molar-refractivity contribution in [3.8, 4) is 17.2 Å². The SMILES string of the molecule is COc1cc(/C=C2/C(C)=C(CNC(=O)Cc3ccno3)c3cc(F)ccc32)cc(OC)c1O. The highest BCUT2D eigenvalue weighted by Crippen LogP contribution is 2.44. The molecule has 170 valence electrons. The van der Waals surface area contributed by atoms with E-state index in [0.717, 1.165) is 33.4 Å². The van der Waals surface area contributed by atoms with E-state index in [4.69, 9.17) is 14.0 Å². The molecule has 1 aliphatic rings. The highest BCUT2D eigenvalue weighted by molar-refractivity contribution is 6.06. The Hall–Kier alpha value is -4.07. The number of aromatic nitrogens is 1. The average Bonchev–Trinajstić information content (AvgIpc) is 3.39. The molecule has 0 atom stereocenters. The molecule has 1 heterocycles. The highest BCUT2D eigenvalue weighted by atomic mass is 19.1. The summed E-state index contributed by atoms with van der Waals surface area (Å²) in [5.74, 6) is 0.349. The molecule has 0 aliphatic heterocycles. The summed E-state index contributed by atoms with van der Waals surface area (Å²) in [6.45, 7) is 2.16.